The summed E-state index contributed by atoms with van der Waals surface area (Å²) in [6.07, 6.45) is 9.69. The molecule has 2 saturated heterocycles. The first-order valence-corrected chi connectivity index (χ1v) is 8.88. The molecule has 8 heteroatoms. The highest BCUT2D eigenvalue weighted by atomic mass is 79.9. The van der Waals surface area contributed by atoms with Crippen molar-refractivity contribution in [2.75, 3.05) is 24.6 Å². The highest BCUT2D eigenvalue weighted by Crippen LogP contribution is 2.37. The van der Waals surface area contributed by atoms with E-state index >= 15 is 0 Å². The lowest BCUT2D eigenvalue weighted by Gasteiger charge is -2.19. The van der Waals surface area contributed by atoms with Gasteiger partial charge in [-0.1, -0.05) is 5.92 Å². The van der Waals surface area contributed by atoms with Gasteiger partial charge < -0.3 is 14.7 Å². The zero-order chi connectivity index (χ0) is 16.7. The SMILES string of the molecule is C#CC1CC(CO)OC1n1cnc2c(N3CCCC3)nc(Br)nc21. The van der Waals surface area contributed by atoms with E-state index in [2.05, 4.69) is 41.7 Å². The van der Waals surface area contributed by atoms with Crippen molar-refractivity contribution in [3.8, 4) is 12.3 Å². The number of nitrogens with zero attached hydrogens (tertiary/aromatic N) is 5. The number of terminal acetylenes is 1. The van der Waals surface area contributed by atoms with Crippen LogP contribution in [0.4, 0.5) is 5.82 Å². The molecule has 7 nitrogen and oxygen atoms in total. The van der Waals surface area contributed by atoms with Crippen molar-refractivity contribution in [2.45, 2.75) is 31.6 Å². The minimum Gasteiger partial charge on any atom is -0.394 e. The van der Waals surface area contributed by atoms with Crippen molar-refractivity contribution in [3.05, 3.63) is 11.1 Å². The van der Waals surface area contributed by atoms with E-state index in [1.165, 1.54) is 0 Å². The van der Waals surface area contributed by atoms with Gasteiger partial charge >= 0.3 is 0 Å². The highest BCUT2D eigenvalue weighted by Gasteiger charge is 2.36. The van der Waals surface area contributed by atoms with Crippen molar-refractivity contribution < 1.29 is 9.84 Å². The Morgan fingerprint density at radius 3 is 2.88 bits per heavy atom. The largest absolute Gasteiger partial charge is 0.394 e. The third kappa shape index (κ3) is 2.57. The van der Waals surface area contributed by atoms with Crippen LogP contribution in [0.1, 0.15) is 25.5 Å². The summed E-state index contributed by atoms with van der Waals surface area (Å²) < 4.78 is 8.30. The van der Waals surface area contributed by atoms with Gasteiger partial charge in [0, 0.05) is 13.1 Å². The third-order valence-corrected chi connectivity index (χ3v) is 5.02. The summed E-state index contributed by atoms with van der Waals surface area (Å²) in [5.41, 5.74) is 1.45. The number of rotatable bonds is 3. The van der Waals surface area contributed by atoms with E-state index in [4.69, 9.17) is 11.2 Å². The van der Waals surface area contributed by atoms with E-state index in [-0.39, 0.29) is 24.9 Å². The summed E-state index contributed by atoms with van der Waals surface area (Å²) >= 11 is 3.40. The molecule has 3 unspecified atom stereocenters. The fraction of sp³-hybridized carbons (Fsp3) is 0.562. The van der Waals surface area contributed by atoms with E-state index in [1.807, 2.05) is 4.57 Å². The molecule has 2 aliphatic rings. The van der Waals surface area contributed by atoms with E-state index < -0.39 is 0 Å². The van der Waals surface area contributed by atoms with Crippen molar-refractivity contribution >= 4 is 32.9 Å². The second-order valence-corrected chi connectivity index (χ2v) is 6.88. The van der Waals surface area contributed by atoms with Gasteiger partial charge in [-0.2, -0.15) is 0 Å². The van der Waals surface area contributed by atoms with Crippen LogP contribution in [0.15, 0.2) is 11.1 Å². The summed E-state index contributed by atoms with van der Waals surface area (Å²) in [6.45, 7) is 1.91. The number of ether oxygens (including phenoxy) is 1. The van der Waals surface area contributed by atoms with Gasteiger partial charge in [-0.3, -0.25) is 4.57 Å². The maximum absolute atomic E-state index is 9.38. The van der Waals surface area contributed by atoms with Crippen LogP contribution in [0.25, 0.3) is 11.2 Å². The molecule has 126 valence electrons. The molecule has 2 aromatic rings. The van der Waals surface area contributed by atoms with Gasteiger partial charge in [-0.05, 0) is 35.2 Å². The molecule has 2 aromatic heterocycles. The Kier molecular flexibility index (Phi) is 4.16. The van der Waals surface area contributed by atoms with Crippen LogP contribution in [0.2, 0.25) is 0 Å². The minimum atomic E-state index is -0.370. The molecular weight excluding hydrogens is 374 g/mol. The first kappa shape index (κ1) is 15.8. The summed E-state index contributed by atoms with van der Waals surface area (Å²) in [7, 11) is 0. The molecule has 4 rings (SSSR count). The minimum absolute atomic E-state index is 0.0426. The zero-order valence-electron chi connectivity index (χ0n) is 13.1. The van der Waals surface area contributed by atoms with Gasteiger partial charge in [-0.15, -0.1) is 6.42 Å². The van der Waals surface area contributed by atoms with Gasteiger partial charge in [0.25, 0.3) is 0 Å². The number of imidazole rings is 1. The number of anilines is 1. The molecule has 24 heavy (non-hydrogen) atoms. The van der Waals surface area contributed by atoms with Crippen LogP contribution in [0.3, 0.4) is 0 Å². The Hall–Kier alpha value is -1.69. The third-order valence-electron chi connectivity index (χ3n) is 4.67. The van der Waals surface area contributed by atoms with E-state index in [9.17, 15) is 5.11 Å². The molecular formula is C16H18BrN5O2. The normalized spacial score (nSPS) is 27.0. The Labute approximate surface area is 148 Å². The molecule has 1 N–H and O–H groups in total. The lowest BCUT2D eigenvalue weighted by atomic mass is 10.0. The number of fused-ring (bicyclic) bond motifs is 1. The fourth-order valence-corrected chi connectivity index (χ4v) is 3.82. The van der Waals surface area contributed by atoms with Crippen molar-refractivity contribution in [1.82, 2.24) is 19.5 Å². The van der Waals surface area contributed by atoms with Crippen LogP contribution >= 0.6 is 15.9 Å². The number of hydrogen-bond acceptors (Lipinski definition) is 6. The van der Waals surface area contributed by atoms with Gasteiger partial charge in [0.2, 0.25) is 4.73 Å². The van der Waals surface area contributed by atoms with Crippen LogP contribution < -0.4 is 4.90 Å². The summed E-state index contributed by atoms with van der Waals surface area (Å²) in [6, 6.07) is 0. The highest BCUT2D eigenvalue weighted by molar-refractivity contribution is 9.10. The summed E-state index contributed by atoms with van der Waals surface area (Å²) in [5.74, 6) is 3.49. The summed E-state index contributed by atoms with van der Waals surface area (Å²) in [4.78, 5) is 15.8. The molecule has 0 aliphatic carbocycles. The summed E-state index contributed by atoms with van der Waals surface area (Å²) in [5, 5.41) is 9.38. The number of hydrogen-bond donors (Lipinski definition) is 1. The van der Waals surface area contributed by atoms with Crippen LogP contribution in [0, 0.1) is 18.3 Å². The van der Waals surface area contributed by atoms with Gasteiger partial charge in [0.05, 0.1) is 25.0 Å². The maximum atomic E-state index is 9.38. The van der Waals surface area contributed by atoms with Gasteiger partial charge in [0.1, 0.15) is 0 Å². The van der Waals surface area contributed by atoms with Crippen molar-refractivity contribution in [2.24, 2.45) is 5.92 Å². The second kappa shape index (κ2) is 6.31. The van der Waals surface area contributed by atoms with E-state index in [1.54, 1.807) is 6.33 Å². The van der Waals surface area contributed by atoms with Crippen molar-refractivity contribution in [3.63, 3.8) is 0 Å². The lowest BCUT2D eigenvalue weighted by Crippen LogP contribution is -2.20. The van der Waals surface area contributed by atoms with Crippen LogP contribution in [-0.4, -0.2) is 50.4 Å². The molecule has 4 heterocycles. The van der Waals surface area contributed by atoms with Gasteiger partial charge in [-0.25, -0.2) is 15.0 Å². The average Bonchev–Trinajstić information content (AvgIpc) is 3.32. The smallest absolute Gasteiger partial charge is 0.200 e. The lowest BCUT2D eigenvalue weighted by molar-refractivity contribution is -0.0262. The zero-order valence-corrected chi connectivity index (χ0v) is 14.7. The topological polar surface area (TPSA) is 76.3 Å². The first-order chi connectivity index (χ1) is 11.7. The number of aromatic nitrogens is 4. The Balaban J connectivity index is 1.79. The molecule has 3 atom stereocenters. The van der Waals surface area contributed by atoms with Crippen LogP contribution in [-0.2, 0) is 4.74 Å². The number of aliphatic hydroxyl groups excluding tert-OH is 1. The Bertz CT molecular complexity index is 796. The monoisotopic (exact) mass is 391 g/mol. The maximum Gasteiger partial charge on any atom is 0.200 e. The van der Waals surface area contributed by atoms with E-state index in [0.717, 1.165) is 37.3 Å². The predicted molar refractivity (Wildman–Crippen MR) is 92.4 cm³/mol. The van der Waals surface area contributed by atoms with E-state index in [0.29, 0.717) is 16.8 Å². The van der Waals surface area contributed by atoms with Gasteiger partial charge in [0.15, 0.2) is 23.2 Å². The Morgan fingerprint density at radius 2 is 2.17 bits per heavy atom. The first-order valence-electron chi connectivity index (χ1n) is 8.08. The number of halogens is 1. The molecule has 2 aliphatic heterocycles. The van der Waals surface area contributed by atoms with Crippen molar-refractivity contribution in [1.29, 1.82) is 0 Å². The second-order valence-electron chi connectivity index (χ2n) is 6.17. The molecule has 0 spiro atoms. The molecule has 0 aromatic carbocycles. The molecule has 0 amide bonds. The number of aliphatic hydroxyl groups is 1. The quantitative estimate of drug-likeness (QED) is 0.633. The average molecular weight is 392 g/mol. The fourth-order valence-electron chi connectivity index (χ4n) is 3.49. The molecule has 2 fully saturated rings. The molecule has 0 radical (unpaired) electrons. The molecule has 0 saturated carbocycles. The Morgan fingerprint density at radius 1 is 1.38 bits per heavy atom. The predicted octanol–water partition coefficient (Wildman–Crippen LogP) is 1.72. The van der Waals surface area contributed by atoms with Crippen LogP contribution in [0.5, 0.6) is 0 Å². The molecule has 0 bridgehead atoms. The standard InChI is InChI=1S/C16H18BrN5O2/c1-2-10-7-11(8-23)24-15(10)22-9-18-12-13(21-5-3-4-6-21)19-16(17)20-14(12)22/h1,9-11,15,23H,3-8H2.